The van der Waals surface area contributed by atoms with Gasteiger partial charge in [-0.25, -0.2) is 8.42 Å². The van der Waals surface area contributed by atoms with Gasteiger partial charge in [0.25, 0.3) is 0 Å². The Morgan fingerprint density at radius 2 is 1.57 bits per heavy atom. The second-order valence-corrected chi connectivity index (χ2v) is 13.6. The quantitative estimate of drug-likeness (QED) is 0.275. The molecule has 0 bridgehead atoms. The van der Waals surface area contributed by atoms with E-state index in [0.717, 1.165) is 48.2 Å². The van der Waals surface area contributed by atoms with Crippen LogP contribution in [0.2, 0.25) is 10.0 Å². The minimum absolute atomic E-state index is 0.0333. The maximum absolute atomic E-state index is 14.3. The summed E-state index contributed by atoms with van der Waals surface area (Å²) in [6.07, 6.45) is 6.34. The van der Waals surface area contributed by atoms with Crippen molar-refractivity contribution >= 4 is 50.7 Å². The van der Waals surface area contributed by atoms with Gasteiger partial charge in [0, 0.05) is 19.0 Å². The van der Waals surface area contributed by atoms with Gasteiger partial charge in [0.1, 0.15) is 12.6 Å². The molecule has 7 nitrogen and oxygen atoms in total. The Bertz CT molecular complexity index is 1490. The maximum atomic E-state index is 14.3. The fraction of sp³-hybridized carbons (Fsp3) is 0.375. The first kappa shape index (κ1) is 31.9. The number of amides is 2. The third kappa shape index (κ3) is 8.49. The molecule has 10 heteroatoms. The van der Waals surface area contributed by atoms with Crippen molar-refractivity contribution in [2.24, 2.45) is 0 Å². The molecule has 1 atom stereocenters. The van der Waals surface area contributed by atoms with Crippen LogP contribution in [0.5, 0.6) is 0 Å². The number of rotatable bonds is 11. The lowest BCUT2D eigenvalue weighted by Crippen LogP contribution is -2.55. The van der Waals surface area contributed by atoms with E-state index in [0.29, 0.717) is 26.9 Å². The van der Waals surface area contributed by atoms with E-state index in [1.807, 2.05) is 36.4 Å². The first-order valence-corrected chi connectivity index (χ1v) is 16.7. The van der Waals surface area contributed by atoms with Crippen LogP contribution in [0.4, 0.5) is 5.69 Å². The molecule has 0 aliphatic heterocycles. The van der Waals surface area contributed by atoms with Gasteiger partial charge in [0.15, 0.2) is 0 Å². The molecule has 1 aliphatic rings. The van der Waals surface area contributed by atoms with Crippen LogP contribution in [0, 0.1) is 6.92 Å². The number of halogens is 2. The topological polar surface area (TPSA) is 86.8 Å². The minimum atomic E-state index is -3.84. The zero-order valence-electron chi connectivity index (χ0n) is 23.9. The first-order chi connectivity index (χ1) is 20.0. The molecule has 1 unspecified atom stereocenters. The standard InChI is InChI=1S/C32H37Cl2N3O4S/c1-23-11-9-10-16-29(23)37(42(2,40)41)22-31(38)36(21-25-17-18-27(33)28(34)19-25)30(20-24-12-5-3-6-13-24)32(39)35-26-14-7-4-8-15-26/h3,5-6,9-13,16-19,26,30H,4,7-8,14-15,20-22H2,1-2H3,(H,35,39). The predicted molar refractivity (Wildman–Crippen MR) is 169 cm³/mol. The lowest BCUT2D eigenvalue weighted by molar-refractivity contribution is -0.140. The number of aryl methyl sites for hydroxylation is 1. The van der Waals surface area contributed by atoms with Crippen LogP contribution in [-0.4, -0.2) is 50.0 Å². The molecule has 0 heterocycles. The summed E-state index contributed by atoms with van der Waals surface area (Å²) in [5.74, 6) is -0.768. The molecular weight excluding hydrogens is 593 g/mol. The van der Waals surface area contributed by atoms with Gasteiger partial charge < -0.3 is 10.2 Å². The molecule has 0 radical (unpaired) electrons. The number of carbonyl (C=O) groups is 2. The number of hydrogen-bond acceptors (Lipinski definition) is 4. The molecule has 2 amide bonds. The van der Waals surface area contributed by atoms with Crippen LogP contribution in [0.15, 0.2) is 72.8 Å². The van der Waals surface area contributed by atoms with E-state index in [4.69, 9.17) is 23.2 Å². The summed E-state index contributed by atoms with van der Waals surface area (Å²) >= 11 is 12.5. The van der Waals surface area contributed by atoms with E-state index in [1.54, 1.807) is 43.3 Å². The number of nitrogens with zero attached hydrogens (tertiary/aromatic N) is 2. The Morgan fingerprint density at radius 1 is 0.905 bits per heavy atom. The molecule has 224 valence electrons. The average molecular weight is 631 g/mol. The summed E-state index contributed by atoms with van der Waals surface area (Å²) in [5, 5.41) is 3.89. The van der Waals surface area contributed by atoms with Crippen LogP contribution >= 0.6 is 23.2 Å². The predicted octanol–water partition coefficient (Wildman–Crippen LogP) is 6.16. The average Bonchev–Trinajstić information content (AvgIpc) is 2.96. The van der Waals surface area contributed by atoms with Crippen LogP contribution < -0.4 is 9.62 Å². The Labute approximate surface area is 258 Å². The molecular formula is C32H37Cl2N3O4S. The highest BCUT2D eigenvalue weighted by Crippen LogP contribution is 2.26. The summed E-state index contributed by atoms with van der Waals surface area (Å²) < 4.78 is 27.1. The molecule has 1 fully saturated rings. The molecule has 42 heavy (non-hydrogen) atoms. The lowest BCUT2D eigenvalue weighted by atomic mass is 9.94. The van der Waals surface area contributed by atoms with Crippen molar-refractivity contribution in [2.75, 3.05) is 17.1 Å². The van der Waals surface area contributed by atoms with Crippen molar-refractivity contribution in [2.45, 2.75) is 64.1 Å². The molecule has 0 aromatic heterocycles. The minimum Gasteiger partial charge on any atom is -0.352 e. The van der Waals surface area contributed by atoms with Crippen molar-refractivity contribution in [1.82, 2.24) is 10.2 Å². The Hall–Kier alpha value is -3.07. The van der Waals surface area contributed by atoms with Gasteiger partial charge in [-0.2, -0.15) is 0 Å². The molecule has 0 spiro atoms. The number of para-hydroxylation sites is 1. The third-order valence-corrected chi connectivity index (χ3v) is 9.49. The summed E-state index contributed by atoms with van der Waals surface area (Å²) in [5.41, 5.74) is 2.67. The molecule has 0 saturated heterocycles. The zero-order valence-corrected chi connectivity index (χ0v) is 26.3. The number of benzene rings is 3. The Kier molecular flexibility index (Phi) is 10.9. The number of carbonyl (C=O) groups excluding carboxylic acids is 2. The zero-order chi connectivity index (χ0) is 30.3. The number of anilines is 1. The van der Waals surface area contributed by atoms with Gasteiger partial charge in [0.05, 0.1) is 22.0 Å². The van der Waals surface area contributed by atoms with E-state index < -0.39 is 28.5 Å². The number of nitrogens with one attached hydrogen (secondary N) is 1. The van der Waals surface area contributed by atoms with Gasteiger partial charge in [0.2, 0.25) is 21.8 Å². The van der Waals surface area contributed by atoms with E-state index in [1.165, 1.54) is 4.90 Å². The summed E-state index contributed by atoms with van der Waals surface area (Å²) in [6, 6.07) is 20.7. The third-order valence-electron chi connectivity index (χ3n) is 7.62. The Morgan fingerprint density at radius 3 is 2.21 bits per heavy atom. The highest BCUT2D eigenvalue weighted by molar-refractivity contribution is 7.92. The lowest BCUT2D eigenvalue weighted by Gasteiger charge is -2.35. The van der Waals surface area contributed by atoms with E-state index in [9.17, 15) is 18.0 Å². The van der Waals surface area contributed by atoms with Gasteiger partial charge in [-0.15, -0.1) is 0 Å². The maximum Gasteiger partial charge on any atom is 0.244 e. The molecule has 3 aromatic carbocycles. The highest BCUT2D eigenvalue weighted by Gasteiger charge is 2.34. The van der Waals surface area contributed by atoms with Crippen LogP contribution in [0.1, 0.15) is 48.8 Å². The van der Waals surface area contributed by atoms with Crippen molar-refractivity contribution < 1.29 is 18.0 Å². The van der Waals surface area contributed by atoms with Crippen molar-refractivity contribution in [1.29, 1.82) is 0 Å². The number of sulfonamides is 1. The molecule has 1 saturated carbocycles. The van der Waals surface area contributed by atoms with Gasteiger partial charge in [-0.3, -0.25) is 13.9 Å². The summed E-state index contributed by atoms with van der Waals surface area (Å²) in [4.78, 5) is 29.7. The van der Waals surface area contributed by atoms with Crippen LogP contribution in [-0.2, 0) is 32.6 Å². The molecule has 1 aliphatic carbocycles. The van der Waals surface area contributed by atoms with E-state index in [2.05, 4.69) is 5.32 Å². The number of hydrogen-bond donors (Lipinski definition) is 1. The van der Waals surface area contributed by atoms with Gasteiger partial charge >= 0.3 is 0 Å². The van der Waals surface area contributed by atoms with Gasteiger partial charge in [-0.1, -0.05) is 97.1 Å². The second-order valence-electron chi connectivity index (χ2n) is 10.9. The highest BCUT2D eigenvalue weighted by atomic mass is 35.5. The SMILES string of the molecule is Cc1ccccc1N(CC(=O)N(Cc1ccc(Cl)c(Cl)c1)C(Cc1ccccc1)C(=O)NC1CCCCC1)S(C)(=O)=O. The monoisotopic (exact) mass is 629 g/mol. The van der Waals surface area contributed by atoms with Crippen LogP contribution in [0.3, 0.4) is 0 Å². The summed E-state index contributed by atoms with van der Waals surface area (Å²) in [7, 11) is -3.84. The largest absolute Gasteiger partial charge is 0.352 e. The molecule has 3 aromatic rings. The summed E-state index contributed by atoms with van der Waals surface area (Å²) in [6.45, 7) is 1.37. The smallest absolute Gasteiger partial charge is 0.244 e. The normalized spacial score (nSPS) is 14.7. The van der Waals surface area contributed by atoms with E-state index in [-0.39, 0.29) is 24.9 Å². The van der Waals surface area contributed by atoms with Crippen molar-refractivity contribution in [3.63, 3.8) is 0 Å². The van der Waals surface area contributed by atoms with E-state index >= 15 is 0 Å². The van der Waals surface area contributed by atoms with Crippen molar-refractivity contribution in [3.8, 4) is 0 Å². The fourth-order valence-electron chi connectivity index (χ4n) is 5.37. The van der Waals surface area contributed by atoms with Crippen LogP contribution in [0.25, 0.3) is 0 Å². The molecule has 1 N–H and O–H groups in total. The Balaban J connectivity index is 1.74. The molecule has 4 rings (SSSR count). The van der Waals surface area contributed by atoms with Crippen molar-refractivity contribution in [3.05, 3.63) is 99.5 Å². The fourth-order valence-corrected chi connectivity index (χ4v) is 6.60. The van der Waals surface area contributed by atoms with Gasteiger partial charge in [-0.05, 0) is 54.7 Å². The second kappa shape index (κ2) is 14.4. The first-order valence-electron chi connectivity index (χ1n) is 14.1.